The summed E-state index contributed by atoms with van der Waals surface area (Å²) in [6.07, 6.45) is 0.886. The van der Waals surface area contributed by atoms with Crippen LogP contribution in [0.2, 0.25) is 0 Å². The molecule has 1 aromatic rings. The van der Waals surface area contributed by atoms with Gasteiger partial charge in [-0.1, -0.05) is 24.6 Å². The van der Waals surface area contributed by atoms with Crippen molar-refractivity contribution >= 4 is 11.9 Å². The summed E-state index contributed by atoms with van der Waals surface area (Å²) in [5.41, 5.74) is 1.69. The van der Waals surface area contributed by atoms with Crippen molar-refractivity contribution in [3.8, 4) is 0 Å². The zero-order valence-corrected chi connectivity index (χ0v) is 12.3. The number of ether oxygens (including phenoxy) is 2. The maximum absolute atomic E-state index is 12.1. The molecule has 0 unspecified atom stereocenters. The van der Waals surface area contributed by atoms with Crippen LogP contribution in [0.4, 0.5) is 0 Å². The molecule has 0 aliphatic heterocycles. The number of benzene rings is 1. The molecule has 20 heavy (non-hydrogen) atoms. The molecule has 0 radical (unpaired) electrons. The number of rotatable bonds is 6. The summed E-state index contributed by atoms with van der Waals surface area (Å²) in [5, 5.41) is 2.68. The van der Waals surface area contributed by atoms with Crippen molar-refractivity contribution < 1.29 is 14.3 Å². The fourth-order valence-corrected chi connectivity index (χ4v) is 1.43. The second-order valence-corrected chi connectivity index (χ2v) is 4.35. The lowest BCUT2D eigenvalue weighted by molar-refractivity contribution is 0.0954. The van der Waals surface area contributed by atoms with E-state index in [4.69, 9.17) is 9.47 Å². The van der Waals surface area contributed by atoms with Gasteiger partial charge in [0.1, 0.15) is 6.61 Å². The SMILES string of the molecule is CCCN=C(NC(=O)c1ccc(C)cc1)OCCOC. The molecule has 1 amide bonds. The minimum absolute atomic E-state index is 0.225. The molecule has 5 nitrogen and oxygen atoms in total. The molecule has 0 spiro atoms. The predicted octanol–water partition coefficient (Wildman–Crippen LogP) is 2.15. The van der Waals surface area contributed by atoms with Crippen LogP contribution in [0.15, 0.2) is 29.3 Å². The summed E-state index contributed by atoms with van der Waals surface area (Å²) < 4.78 is 10.3. The maximum atomic E-state index is 12.1. The molecule has 0 bridgehead atoms. The molecule has 110 valence electrons. The number of nitrogens with one attached hydrogen (secondary N) is 1. The van der Waals surface area contributed by atoms with Gasteiger partial charge in [0, 0.05) is 19.2 Å². The van der Waals surface area contributed by atoms with Crippen LogP contribution in [0.25, 0.3) is 0 Å². The van der Waals surface area contributed by atoms with Gasteiger partial charge in [0.25, 0.3) is 11.9 Å². The first-order chi connectivity index (χ1) is 9.67. The summed E-state index contributed by atoms with van der Waals surface area (Å²) >= 11 is 0. The normalized spacial score (nSPS) is 11.2. The van der Waals surface area contributed by atoms with Gasteiger partial charge in [0.05, 0.1) is 6.61 Å². The Balaban J connectivity index is 2.63. The number of amidine groups is 1. The van der Waals surface area contributed by atoms with Crippen LogP contribution in [0.5, 0.6) is 0 Å². The van der Waals surface area contributed by atoms with Crippen molar-refractivity contribution in [2.45, 2.75) is 20.3 Å². The van der Waals surface area contributed by atoms with E-state index in [1.807, 2.05) is 26.0 Å². The molecule has 1 N–H and O–H groups in total. The molecule has 0 aliphatic rings. The minimum atomic E-state index is -0.225. The highest BCUT2D eigenvalue weighted by atomic mass is 16.5. The number of aryl methyl sites for hydroxylation is 1. The fraction of sp³-hybridized carbons (Fsp3) is 0.467. The van der Waals surface area contributed by atoms with Crippen molar-refractivity contribution in [2.24, 2.45) is 4.99 Å². The van der Waals surface area contributed by atoms with E-state index >= 15 is 0 Å². The molecular formula is C15H22N2O3. The van der Waals surface area contributed by atoms with Crippen molar-refractivity contribution in [1.82, 2.24) is 5.32 Å². The van der Waals surface area contributed by atoms with Crippen LogP contribution in [0, 0.1) is 6.92 Å². The quantitative estimate of drug-likeness (QED) is 0.493. The Bertz CT molecular complexity index is 441. The number of amides is 1. The lowest BCUT2D eigenvalue weighted by Gasteiger charge is -2.10. The first-order valence-corrected chi connectivity index (χ1v) is 6.71. The average molecular weight is 278 g/mol. The largest absolute Gasteiger partial charge is 0.463 e. The highest BCUT2D eigenvalue weighted by molar-refractivity contribution is 6.04. The van der Waals surface area contributed by atoms with E-state index in [2.05, 4.69) is 10.3 Å². The van der Waals surface area contributed by atoms with E-state index < -0.39 is 0 Å². The van der Waals surface area contributed by atoms with Gasteiger partial charge in [-0.15, -0.1) is 0 Å². The Morgan fingerprint density at radius 1 is 1.25 bits per heavy atom. The van der Waals surface area contributed by atoms with Gasteiger partial charge < -0.3 is 9.47 Å². The van der Waals surface area contributed by atoms with Crippen molar-refractivity contribution in [1.29, 1.82) is 0 Å². The van der Waals surface area contributed by atoms with Crippen LogP contribution in [0.1, 0.15) is 29.3 Å². The van der Waals surface area contributed by atoms with E-state index in [-0.39, 0.29) is 11.9 Å². The molecule has 0 aromatic heterocycles. The molecule has 5 heteroatoms. The Labute approximate surface area is 120 Å². The minimum Gasteiger partial charge on any atom is -0.463 e. The lowest BCUT2D eigenvalue weighted by atomic mass is 10.1. The van der Waals surface area contributed by atoms with E-state index in [1.165, 1.54) is 0 Å². The van der Waals surface area contributed by atoms with Crippen LogP contribution >= 0.6 is 0 Å². The zero-order valence-electron chi connectivity index (χ0n) is 12.3. The van der Waals surface area contributed by atoms with Gasteiger partial charge in [-0.25, -0.2) is 4.99 Å². The summed E-state index contributed by atoms with van der Waals surface area (Å²) in [5.74, 6) is -0.225. The highest BCUT2D eigenvalue weighted by Gasteiger charge is 2.09. The van der Waals surface area contributed by atoms with Gasteiger partial charge in [0.2, 0.25) is 0 Å². The molecule has 0 aliphatic carbocycles. The monoisotopic (exact) mass is 278 g/mol. The Morgan fingerprint density at radius 2 is 1.95 bits per heavy atom. The topological polar surface area (TPSA) is 59.9 Å². The van der Waals surface area contributed by atoms with Crippen LogP contribution < -0.4 is 5.32 Å². The van der Waals surface area contributed by atoms with E-state index in [0.717, 1.165) is 12.0 Å². The number of methoxy groups -OCH3 is 1. The first-order valence-electron chi connectivity index (χ1n) is 6.71. The summed E-state index contributed by atoms with van der Waals surface area (Å²) in [7, 11) is 1.59. The molecule has 0 atom stereocenters. The molecule has 0 fully saturated rings. The van der Waals surface area contributed by atoms with Gasteiger partial charge in [0.15, 0.2) is 0 Å². The number of carbonyl (C=O) groups excluding carboxylic acids is 1. The Kier molecular flexibility index (Phi) is 7.35. The van der Waals surface area contributed by atoms with Crippen molar-refractivity contribution in [2.75, 3.05) is 26.9 Å². The molecule has 1 rings (SSSR count). The van der Waals surface area contributed by atoms with E-state index in [1.54, 1.807) is 19.2 Å². The van der Waals surface area contributed by atoms with Crippen LogP contribution in [-0.4, -0.2) is 38.8 Å². The van der Waals surface area contributed by atoms with Gasteiger partial charge in [-0.05, 0) is 25.5 Å². The Morgan fingerprint density at radius 3 is 2.55 bits per heavy atom. The second-order valence-electron chi connectivity index (χ2n) is 4.35. The second kappa shape index (κ2) is 9.09. The number of hydrogen-bond donors (Lipinski definition) is 1. The average Bonchev–Trinajstić information content (AvgIpc) is 2.45. The van der Waals surface area contributed by atoms with E-state index in [9.17, 15) is 4.79 Å². The van der Waals surface area contributed by atoms with E-state index in [0.29, 0.717) is 25.3 Å². The molecule has 0 saturated carbocycles. The molecular weight excluding hydrogens is 256 g/mol. The number of hydrogen-bond acceptors (Lipinski definition) is 4. The van der Waals surface area contributed by atoms with Gasteiger partial charge in [-0.2, -0.15) is 0 Å². The third-order valence-corrected chi connectivity index (χ3v) is 2.54. The summed E-state index contributed by atoms with van der Waals surface area (Å²) in [6, 6.07) is 7.58. The third kappa shape index (κ3) is 5.84. The summed E-state index contributed by atoms with van der Waals surface area (Å²) in [6.45, 7) is 5.40. The molecule has 0 heterocycles. The van der Waals surface area contributed by atoms with Crippen LogP contribution in [0.3, 0.4) is 0 Å². The number of carbonyl (C=O) groups is 1. The first kappa shape index (κ1) is 16.2. The van der Waals surface area contributed by atoms with Crippen molar-refractivity contribution in [3.63, 3.8) is 0 Å². The number of nitrogens with zero attached hydrogens (tertiary/aromatic N) is 1. The fourth-order valence-electron chi connectivity index (χ4n) is 1.43. The van der Waals surface area contributed by atoms with Gasteiger partial charge >= 0.3 is 0 Å². The predicted molar refractivity (Wildman–Crippen MR) is 79.1 cm³/mol. The van der Waals surface area contributed by atoms with Crippen LogP contribution in [-0.2, 0) is 9.47 Å². The molecule has 1 aromatic carbocycles. The zero-order chi connectivity index (χ0) is 14.8. The van der Waals surface area contributed by atoms with Crippen molar-refractivity contribution in [3.05, 3.63) is 35.4 Å². The number of aliphatic imine (C=N–C) groups is 1. The third-order valence-electron chi connectivity index (χ3n) is 2.54. The smallest absolute Gasteiger partial charge is 0.291 e. The molecule has 0 saturated heterocycles. The Hall–Kier alpha value is -1.88. The maximum Gasteiger partial charge on any atom is 0.291 e. The lowest BCUT2D eigenvalue weighted by Crippen LogP contribution is -2.33. The van der Waals surface area contributed by atoms with Gasteiger partial charge in [-0.3, -0.25) is 10.1 Å². The highest BCUT2D eigenvalue weighted by Crippen LogP contribution is 2.03. The standard InChI is InChI=1S/C15H22N2O3/c1-4-9-16-15(20-11-10-19-3)17-14(18)13-7-5-12(2)6-8-13/h5-8H,4,9-11H2,1-3H3,(H,16,17,18). The summed E-state index contributed by atoms with van der Waals surface area (Å²) in [4.78, 5) is 16.3.